The minimum Gasteiger partial charge on any atom is -0.598 e. The third-order valence-corrected chi connectivity index (χ3v) is 2.97. The van der Waals surface area contributed by atoms with E-state index in [-0.39, 0.29) is 11.4 Å². The summed E-state index contributed by atoms with van der Waals surface area (Å²) in [5.74, 6) is -0.448. The minimum atomic E-state index is -1.34. The van der Waals surface area contributed by atoms with E-state index < -0.39 is 16.9 Å². The fourth-order valence-corrected chi connectivity index (χ4v) is 2.06. The second-order valence-electron chi connectivity index (χ2n) is 4.20. The average Bonchev–Trinajstić information content (AvgIpc) is 2.41. The number of rotatable bonds is 3. The van der Waals surface area contributed by atoms with Crippen LogP contribution in [0.5, 0.6) is 0 Å². The highest BCUT2D eigenvalue weighted by atomic mass is 16.7. The molecule has 1 heterocycles. The standard InChI is InChI=1S/C11H17N5O3/c1-3-13-15-11(12)14(18)9-6-4-5-7-10(9)16(15,19)8(2)17/h4-8,12-13,17-18H,3H2,1-2H3. The number of aliphatic hydroxyl groups excluding tert-OH is 1. The summed E-state index contributed by atoms with van der Waals surface area (Å²) in [6.45, 7) is 3.46. The van der Waals surface area contributed by atoms with Crippen molar-refractivity contribution in [2.24, 2.45) is 0 Å². The molecule has 4 N–H and O–H groups in total. The molecule has 2 atom stereocenters. The molecule has 1 aliphatic rings. The van der Waals surface area contributed by atoms with Gasteiger partial charge < -0.3 is 10.3 Å². The lowest BCUT2D eigenvalue weighted by Gasteiger charge is -2.53. The second kappa shape index (κ2) is 4.76. The number of nitrogens with zero attached hydrogens (tertiary/aromatic N) is 3. The first kappa shape index (κ1) is 13.7. The van der Waals surface area contributed by atoms with Crippen molar-refractivity contribution in [1.29, 1.82) is 5.41 Å². The van der Waals surface area contributed by atoms with E-state index in [0.717, 1.165) is 5.12 Å². The second-order valence-corrected chi connectivity index (χ2v) is 4.20. The number of benzene rings is 1. The predicted octanol–water partition coefficient (Wildman–Crippen LogP) is 0.715. The molecule has 0 saturated heterocycles. The molecular weight excluding hydrogens is 250 g/mol. The van der Waals surface area contributed by atoms with Crippen molar-refractivity contribution in [3.05, 3.63) is 29.5 Å². The van der Waals surface area contributed by atoms with Gasteiger partial charge in [0.1, 0.15) is 5.69 Å². The molecule has 0 aromatic heterocycles. The first-order valence-electron chi connectivity index (χ1n) is 5.93. The number of hydrogen-bond acceptors (Lipinski definition) is 5. The van der Waals surface area contributed by atoms with Gasteiger partial charge in [0.15, 0.2) is 5.69 Å². The van der Waals surface area contributed by atoms with Crippen molar-refractivity contribution in [3.8, 4) is 0 Å². The van der Waals surface area contributed by atoms with E-state index in [4.69, 9.17) is 5.41 Å². The highest BCUT2D eigenvalue weighted by Gasteiger charge is 2.45. The van der Waals surface area contributed by atoms with Crippen molar-refractivity contribution in [1.82, 2.24) is 15.3 Å². The summed E-state index contributed by atoms with van der Waals surface area (Å²) in [5, 5.41) is 42.1. The van der Waals surface area contributed by atoms with Gasteiger partial charge in [0.25, 0.3) is 5.96 Å². The monoisotopic (exact) mass is 267 g/mol. The summed E-state index contributed by atoms with van der Waals surface area (Å²) in [6.07, 6.45) is -1.34. The molecule has 0 aliphatic carbocycles. The molecule has 0 radical (unpaired) electrons. The van der Waals surface area contributed by atoms with E-state index in [2.05, 4.69) is 5.43 Å². The Morgan fingerprint density at radius 2 is 2.11 bits per heavy atom. The Hall–Kier alpha value is -1.71. The van der Waals surface area contributed by atoms with Crippen LogP contribution in [0.4, 0.5) is 11.4 Å². The van der Waals surface area contributed by atoms with Gasteiger partial charge >= 0.3 is 0 Å². The van der Waals surface area contributed by atoms with E-state index in [1.165, 1.54) is 19.1 Å². The zero-order valence-corrected chi connectivity index (χ0v) is 10.7. The molecule has 0 spiro atoms. The Morgan fingerprint density at radius 3 is 2.68 bits per heavy atom. The fraction of sp³-hybridized carbons (Fsp3) is 0.364. The third kappa shape index (κ3) is 1.86. The minimum absolute atomic E-state index is 0.150. The Labute approximate surface area is 110 Å². The molecule has 2 unspecified atom stereocenters. The molecule has 8 nitrogen and oxygen atoms in total. The van der Waals surface area contributed by atoms with Crippen molar-refractivity contribution < 1.29 is 10.3 Å². The molecule has 1 aromatic carbocycles. The number of hydroxylamine groups is 2. The van der Waals surface area contributed by atoms with Crippen LogP contribution in [-0.2, 0) is 0 Å². The smallest absolute Gasteiger partial charge is 0.289 e. The molecule has 0 amide bonds. The molecule has 8 heteroatoms. The summed E-state index contributed by atoms with van der Waals surface area (Å²) >= 11 is 0. The van der Waals surface area contributed by atoms with Crippen molar-refractivity contribution in [3.63, 3.8) is 0 Å². The van der Waals surface area contributed by atoms with Crippen molar-refractivity contribution in [2.45, 2.75) is 20.1 Å². The Morgan fingerprint density at radius 1 is 1.47 bits per heavy atom. The van der Waals surface area contributed by atoms with Crippen LogP contribution < -0.4 is 15.2 Å². The predicted molar refractivity (Wildman–Crippen MR) is 70.8 cm³/mol. The van der Waals surface area contributed by atoms with Crippen LogP contribution in [0, 0.1) is 10.6 Å². The van der Waals surface area contributed by atoms with Crippen LogP contribution in [0.25, 0.3) is 0 Å². The number of hydrogen-bond donors (Lipinski definition) is 4. The zero-order valence-electron chi connectivity index (χ0n) is 10.7. The molecule has 0 fully saturated rings. The summed E-state index contributed by atoms with van der Waals surface area (Å²) in [6, 6.07) is 6.30. The molecule has 0 saturated carbocycles. The summed E-state index contributed by atoms with van der Waals surface area (Å²) < 4.78 is -1.29. The van der Waals surface area contributed by atoms with Gasteiger partial charge in [-0.3, -0.25) is 10.6 Å². The maximum atomic E-state index is 13.0. The zero-order chi connectivity index (χ0) is 14.2. The maximum Gasteiger partial charge on any atom is 0.289 e. The average molecular weight is 267 g/mol. The van der Waals surface area contributed by atoms with Gasteiger partial charge in [0.05, 0.1) is 0 Å². The van der Waals surface area contributed by atoms with E-state index in [0.29, 0.717) is 11.6 Å². The Kier molecular flexibility index (Phi) is 3.43. The number of para-hydroxylation sites is 2. The Bertz CT molecular complexity index is 495. The van der Waals surface area contributed by atoms with Crippen molar-refractivity contribution >= 4 is 17.3 Å². The van der Waals surface area contributed by atoms with E-state index in [9.17, 15) is 15.5 Å². The molecule has 1 aromatic rings. The number of hydrazine groups is 1. The SMILES string of the molecule is CCNN1C(=N)N(O)c2ccccc2[N+]1([O-])C(C)O. The first-order valence-corrected chi connectivity index (χ1v) is 5.93. The van der Waals surface area contributed by atoms with Crippen LogP contribution in [0.1, 0.15) is 13.8 Å². The van der Waals surface area contributed by atoms with Gasteiger partial charge in [-0.2, -0.15) is 15.2 Å². The normalized spacial score (nSPS) is 24.4. The molecule has 19 heavy (non-hydrogen) atoms. The highest BCUT2D eigenvalue weighted by molar-refractivity contribution is 5.98. The molecule has 2 rings (SSSR count). The number of anilines is 1. The van der Waals surface area contributed by atoms with Gasteiger partial charge in [0, 0.05) is 19.5 Å². The molecular formula is C11H17N5O3. The number of fused-ring (bicyclic) bond motifs is 1. The topological polar surface area (TPSA) is 106 Å². The Balaban J connectivity index is 2.64. The van der Waals surface area contributed by atoms with E-state index in [1.807, 2.05) is 0 Å². The summed E-state index contributed by atoms with van der Waals surface area (Å²) in [5.41, 5.74) is 3.01. The van der Waals surface area contributed by atoms with Gasteiger partial charge in [-0.1, -0.05) is 19.1 Å². The fourth-order valence-electron chi connectivity index (χ4n) is 2.06. The van der Waals surface area contributed by atoms with Crippen LogP contribution >= 0.6 is 0 Å². The molecule has 1 aliphatic heterocycles. The molecule has 0 bridgehead atoms. The first-order chi connectivity index (χ1) is 8.94. The number of quaternary nitrogens is 1. The van der Waals surface area contributed by atoms with E-state index >= 15 is 0 Å². The maximum absolute atomic E-state index is 13.0. The summed E-state index contributed by atoms with van der Waals surface area (Å²) in [7, 11) is 0. The quantitative estimate of drug-likeness (QED) is 0.475. The van der Waals surface area contributed by atoms with Gasteiger partial charge in [-0.05, 0) is 6.07 Å². The van der Waals surface area contributed by atoms with Gasteiger partial charge in [0.2, 0.25) is 6.23 Å². The van der Waals surface area contributed by atoms with Crippen LogP contribution in [0.3, 0.4) is 0 Å². The lowest BCUT2D eigenvalue weighted by molar-refractivity contribution is -0.0783. The van der Waals surface area contributed by atoms with Crippen LogP contribution in [0.15, 0.2) is 24.3 Å². The molecule has 104 valence electrons. The van der Waals surface area contributed by atoms with Crippen molar-refractivity contribution in [2.75, 3.05) is 11.6 Å². The van der Waals surface area contributed by atoms with Gasteiger partial charge in [-0.15, -0.1) is 5.12 Å². The van der Waals surface area contributed by atoms with Crippen LogP contribution in [0.2, 0.25) is 0 Å². The highest BCUT2D eigenvalue weighted by Crippen LogP contribution is 2.39. The summed E-state index contributed by atoms with van der Waals surface area (Å²) in [4.78, 5) is 0. The number of guanidine groups is 1. The van der Waals surface area contributed by atoms with E-state index in [1.54, 1.807) is 19.1 Å². The number of nitrogens with one attached hydrogen (secondary N) is 2. The largest absolute Gasteiger partial charge is 0.598 e. The third-order valence-electron chi connectivity index (χ3n) is 2.97. The van der Waals surface area contributed by atoms with Crippen LogP contribution in [-0.4, -0.2) is 34.2 Å². The lowest BCUT2D eigenvalue weighted by atomic mass is 10.2. The lowest BCUT2D eigenvalue weighted by Crippen LogP contribution is -2.73. The van der Waals surface area contributed by atoms with Gasteiger partial charge in [-0.25, -0.2) is 0 Å². The number of aliphatic hydroxyl groups is 1.